The molecule has 0 amide bonds. The van der Waals surface area contributed by atoms with E-state index in [4.69, 9.17) is 11.6 Å². The zero-order valence-corrected chi connectivity index (χ0v) is 13.8. The number of H-pyrrole nitrogens is 1. The van der Waals surface area contributed by atoms with Crippen LogP contribution in [0.2, 0.25) is 5.02 Å². The Morgan fingerprint density at radius 2 is 2.12 bits per heavy atom. The molecule has 0 aliphatic carbocycles. The van der Waals surface area contributed by atoms with Crippen LogP contribution in [0.5, 0.6) is 0 Å². The number of anilines is 2. The molecule has 0 fully saturated rings. The molecule has 3 heterocycles. The minimum Gasteiger partial charge on any atom is -0.323 e. The van der Waals surface area contributed by atoms with E-state index in [2.05, 4.69) is 30.6 Å². The number of halogens is 1. The topological polar surface area (TPSA) is 84.3 Å². The molecule has 0 spiro atoms. The van der Waals surface area contributed by atoms with Gasteiger partial charge in [0.15, 0.2) is 5.82 Å². The van der Waals surface area contributed by atoms with E-state index < -0.39 is 0 Å². The quantitative estimate of drug-likeness (QED) is 0.597. The molecule has 24 heavy (non-hydrogen) atoms. The summed E-state index contributed by atoms with van der Waals surface area (Å²) in [4.78, 5) is 8.84. The van der Waals surface area contributed by atoms with Gasteiger partial charge in [-0.2, -0.15) is 10.1 Å². The zero-order valence-electron chi connectivity index (χ0n) is 13.1. The van der Waals surface area contributed by atoms with Gasteiger partial charge in [-0.3, -0.25) is 10.1 Å². The molecule has 0 saturated carbocycles. The van der Waals surface area contributed by atoms with Gasteiger partial charge in [-0.1, -0.05) is 11.6 Å². The minimum absolute atomic E-state index is 0.586. The third-order valence-electron chi connectivity index (χ3n) is 3.82. The first-order chi connectivity index (χ1) is 11.6. The Bertz CT molecular complexity index is 1030. The molecule has 0 aliphatic rings. The summed E-state index contributed by atoms with van der Waals surface area (Å²) in [6.07, 6.45) is 3.45. The average molecular weight is 340 g/mol. The van der Waals surface area contributed by atoms with Crippen LogP contribution in [0.15, 0.2) is 36.7 Å². The molecule has 8 heteroatoms. The Morgan fingerprint density at radius 1 is 1.25 bits per heavy atom. The Labute approximate surface area is 142 Å². The maximum Gasteiger partial charge on any atom is 0.225 e. The van der Waals surface area contributed by atoms with E-state index in [1.807, 2.05) is 38.2 Å². The molecule has 0 aliphatic heterocycles. The number of pyridine rings is 1. The van der Waals surface area contributed by atoms with Crippen LogP contribution in [0.3, 0.4) is 0 Å². The predicted molar refractivity (Wildman–Crippen MR) is 93.4 cm³/mol. The van der Waals surface area contributed by atoms with Gasteiger partial charge in [0.05, 0.1) is 22.4 Å². The lowest BCUT2D eigenvalue weighted by atomic mass is 10.2. The number of aromatic amines is 1. The number of hydrogen-bond donors (Lipinski definition) is 2. The molecule has 120 valence electrons. The Morgan fingerprint density at radius 3 is 2.96 bits per heavy atom. The van der Waals surface area contributed by atoms with Gasteiger partial charge in [0.1, 0.15) is 0 Å². The molecule has 0 saturated heterocycles. The highest BCUT2D eigenvalue weighted by Crippen LogP contribution is 2.32. The third-order valence-corrected chi connectivity index (χ3v) is 4.22. The van der Waals surface area contributed by atoms with Crippen LogP contribution in [0.1, 0.15) is 5.69 Å². The minimum atomic E-state index is 0.586. The molecule has 1 aromatic carbocycles. The molecular weight excluding hydrogens is 326 g/mol. The average Bonchev–Trinajstić information content (AvgIpc) is 3.18. The van der Waals surface area contributed by atoms with Gasteiger partial charge >= 0.3 is 0 Å². The summed E-state index contributed by atoms with van der Waals surface area (Å²) in [6.45, 7) is 1.93. The second kappa shape index (κ2) is 5.61. The van der Waals surface area contributed by atoms with Crippen molar-refractivity contribution in [3.8, 4) is 11.4 Å². The third kappa shape index (κ3) is 2.39. The number of nitrogens with one attached hydrogen (secondary N) is 2. The number of fused-ring (bicyclic) bond motifs is 1. The largest absolute Gasteiger partial charge is 0.323 e. The highest BCUT2D eigenvalue weighted by atomic mass is 35.5. The van der Waals surface area contributed by atoms with Crippen molar-refractivity contribution in [2.75, 3.05) is 5.32 Å². The first-order valence-corrected chi connectivity index (χ1v) is 7.73. The van der Waals surface area contributed by atoms with Crippen LogP contribution in [-0.2, 0) is 7.05 Å². The van der Waals surface area contributed by atoms with Gasteiger partial charge in [0.25, 0.3) is 0 Å². The number of aryl methyl sites for hydroxylation is 2. The van der Waals surface area contributed by atoms with E-state index in [9.17, 15) is 0 Å². The highest BCUT2D eigenvalue weighted by molar-refractivity contribution is 6.38. The second-order valence-corrected chi connectivity index (χ2v) is 5.78. The van der Waals surface area contributed by atoms with Crippen LogP contribution in [0.25, 0.3) is 22.3 Å². The normalized spacial score (nSPS) is 11.1. The van der Waals surface area contributed by atoms with Gasteiger partial charge in [-0.05, 0) is 31.2 Å². The smallest absolute Gasteiger partial charge is 0.225 e. The summed E-state index contributed by atoms with van der Waals surface area (Å²) in [5.74, 6) is 1.21. The van der Waals surface area contributed by atoms with Crippen molar-refractivity contribution >= 4 is 34.1 Å². The molecule has 4 aromatic rings. The van der Waals surface area contributed by atoms with Crippen LogP contribution >= 0.6 is 11.6 Å². The fourth-order valence-electron chi connectivity index (χ4n) is 2.53. The van der Waals surface area contributed by atoms with E-state index in [0.717, 1.165) is 27.8 Å². The lowest BCUT2D eigenvalue weighted by Gasteiger charge is -2.07. The van der Waals surface area contributed by atoms with E-state index in [0.29, 0.717) is 16.8 Å². The Balaban J connectivity index is 1.72. The standard InChI is InChI=1S/C16H14ClN7/c1-9-10(4-3-7-18-9)15-21-16(24(2)23-15)20-13-6-5-12-11(14(13)17)8-19-22-12/h3-8H,1-2H3,(H,19,22)(H,20,21,23). The Hall–Kier alpha value is -2.93. The van der Waals surface area contributed by atoms with Crippen molar-refractivity contribution < 1.29 is 0 Å². The summed E-state index contributed by atoms with van der Waals surface area (Å²) >= 11 is 6.44. The van der Waals surface area contributed by atoms with Crippen molar-refractivity contribution in [1.29, 1.82) is 0 Å². The van der Waals surface area contributed by atoms with Crippen LogP contribution in [-0.4, -0.2) is 29.9 Å². The lowest BCUT2D eigenvalue weighted by molar-refractivity contribution is 0.778. The van der Waals surface area contributed by atoms with E-state index in [1.54, 1.807) is 17.1 Å². The van der Waals surface area contributed by atoms with E-state index >= 15 is 0 Å². The first-order valence-electron chi connectivity index (χ1n) is 7.35. The van der Waals surface area contributed by atoms with Crippen molar-refractivity contribution in [3.63, 3.8) is 0 Å². The maximum atomic E-state index is 6.44. The van der Waals surface area contributed by atoms with Crippen LogP contribution in [0.4, 0.5) is 11.6 Å². The monoisotopic (exact) mass is 339 g/mol. The summed E-state index contributed by atoms with van der Waals surface area (Å²) in [5, 5.41) is 16.0. The maximum absolute atomic E-state index is 6.44. The molecule has 0 unspecified atom stereocenters. The summed E-state index contributed by atoms with van der Waals surface area (Å²) in [5.41, 5.74) is 3.41. The van der Waals surface area contributed by atoms with E-state index in [1.165, 1.54) is 0 Å². The molecule has 2 N–H and O–H groups in total. The van der Waals surface area contributed by atoms with Gasteiger partial charge in [0.2, 0.25) is 5.95 Å². The molecule has 0 atom stereocenters. The second-order valence-electron chi connectivity index (χ2n) is 5.40. The summed E-state index contributed by atoms with van der Waals surface area (Å²) in [7, 11) is 1.83. The molecule has 0 radical (unpaired) electrons. The number of benzene rings is 1. The predicted octanol–water partition coefficient (Wildman–Crippen LogP) is 3.46. The summed E-state index contributed by atoms with van der Waals surface area (Å²) < 4.78 is 1.68. The zero-order chi connectivity index (χ0) is 16.7. The fraction of sp³-hybridized carbons (Fsp3) is 0.125. The van der Waals surface area contributed by atoms with Crippen molar-refractivity contribution in [3.05, 3.63) is 47.4 Å². The summed E-state index contributed by atoms with van der Waals surface area (Å²) in [6, 6.07) is 7.62. The molecule has 0 bridgehead atoms. The van der Waals surface area contributed by atoms with Crippen molar-refractivity contribution in [2.24, 2.45) is 7.05 Å². The van der Waals surface area contributed by atoms with Gasteiger partial charge in [0, 0.05) is 29.9 Å². The van der Waals surface area contributed by atoms with Crippen molar-refractivity contribution in [2.45, 2.75) is 6.92 Å². The fourth-order valence-corrected chi connectivity index (χ4v) is 2.79. The number of nitrogens with zero attached hydrogens (tertiary/aromatic N) is 5. The van der Waals surface area contributed by atoms with Gasteiger partial charge in [-0.25, -0.2) is 4.68 Å². The molecule has 7 nitrogen and oxygen atoms in total. The van der Waals surface area contributed by atoms with Crippen LogP contribution in [0, 0.1) is 6.92 Å². The molecular formula is C16H14ClN7. The number of rotatable bonds is 3. The Kier molecular flexibility index (Phi) is 3.42. The molecule has 4 rings (SSSR count). The molecule has 3 aromatic heterocycles. The lowest BCUT2D eigenvalue weighted by Crippen LogP contribution is -2.00. The number of aromatic nitrogens is 6. The van der Waals surface area contributed by atoms with Crippen LogP contribution < -0.4 is 5.32 Å². The first kappa shape index (κ1) is 14.6. The number of hydrogen-bond acceptors (Lipinski definition) is 5. The van der Waals surface area contributed by atoms with Gasteiger partial charge in [-0.15, -0.1) is 5.10 Å². The van der Waals surface area contributed by atoms with Gasteiger partial charge < -0.3 is 5.32 Å². The van der Waals surface area contributed by atoms with Crippen molar-refractivity contribution in [1.82, 2.24) is 29.9 Å². The highest BCUT2D eigenvalue weighted by Gasteiger charge is 2.14. The SMILES string of the molecule is Cc1ncccc1-c1nc(Nc2ccc3[nH]ncc3c2Cl)n(C)n1. The van der Waals surface area contributed by atoms with E-state index in [-0.39, 0.29) is 0 Å².